The lowest BCUT2D eigenvalue weighted by Crippen LogP contribution is -2.09. The number of fused-ring (bicyclic) bond motifs is 4. The smallest absolute Gasteiger partial charge is 0.0468 e. The molecule has 1 nitrogen and oxygen atoms in total. The van der Waals surface area contributed by atoms with E-state index in [1.165, 1.54) is 76.8 Å². The van der Waals surface area contributed by atoms with Gasteiger partial charge >= 0.3 is 0 Å². The largest absolute Gasteiger partial charge is 0.310 e. The van der Waals surface area contributed by atoms with Crippen LogP contribution in [0.15, 0.2) is 224 Å². The van der Waals surface area contributed by atoms with E-state index in [2.05, 4.69) is 229 Å². The van der Waals surface area contributed by atoms with E-state index < -0.39 is 0 Å². The van der Waals surface area contributed by atoms with Crippen molar-refractivity contribution in [3.63, 3.8) is 0 Å². The molecule has 0 atom stereocenters. The third kappa shape index (κ3) is 6.22. The minimum atomic E-state index is 1.12. The van der Waals surface area contributed by atoms with Crippen LogP contribution in [0.25, 0.3) is 76.8 Å². The standard InChI is InChI=1S/C54H37N/c1-3-11-38(12-4-1)45-29-33-53(46-25-21-39-13-7-8-15-44(39)35-46)54(37-45)43-22-19-40(20-23-43)41-27-30-49(31-28-41)55(48-16-5-2-6-17-48)50-32-34-52-47(36-50)26-24-42-14-9-10-18-51(42)52/h1-37H. The molecule has 10 aromatic rings. The second kappa shape index (κ2) is 14.0. The molecule has 0 saturated heterocycles. The Morgan fingerprint density at radius 3 is 1.51 bits per heavy atom. The fourth-order valence-corrected chi connectivity index (χ4v) is 8.01. The summed E-state index contributed by atoms with van der Waals surface area (Å²) in [7, 11) is 0. The molecule has 0 radical (unpaired) electrons. The Kier molecular flexibility index (Phi) is 8.24. The number of anilines is 3. The lowest BCUT2D eigenvalue weighted by Gasteiger charge is -2.26. The van der Waals surface area contributed by atoms with Crippen LogP contribution in [-0.4, -0.2) is 0 Å². The van der Waals surface area contributed by atoms with Crippen molar-refractivity contribution in [3.05, 3.63) is 224 Å². The predicted octanol–water partition coefficient (Wildman–Crippen LogP) is 15.3. The molecule has 1 heteroatoms. The summed E-state index contributed by atoms with van der Waals surface area (Å²) in [6, 6.07) is 81.4. The maximum atomic E-state index is 2.34. The van der Waals surface area contributed by atoms with Gasteiger partial charge < -0.3 is 4.90 Å². The van der Waals surface area contributed by atoms with Gasteiger partial charge in [0, 0.05) is 17.1 Å². The van der Waals surface area contributed by atoms with E-state index in [0.29, 0.717) is 0 Å². The van der Waals surface area contributed by atoms with Crippen molar-refractivity contribution < 1.29 is 0 Å². The van der Waals surface area contributed by atoms with Crippen LogP contribution in [0.1, 0.15) is 0 Å². The number of nitrogens with zero attached hydrogens (tertiary/aromatic N) is 1. The summed E-state index contributed by atoms with van der Waals surface area (Å²) < 4.78 is 0. The van der Waals surface area contributed by atoms with E-state index in [0.717, 1.165) is 17.1 Å². The van der Waals surface area contributed by atoms with E-state index in [-0.39, 0.29) is 0 Å². The summed E-state index contributed by atoms with van der Waals surface area (Å²) in [6.07, 6.45) is 0. The quantitative estimate of drug-likeness (QED) is 0.150. The number of benzene rings is 10. The highest BCUT2D eigenvalue weighted by molar-refractivity contribution is 6.08. The van der Waals surface area contributed by atoms with E-state index >= 15 is 0 Å². The average Bonchev–Trinajstić information content (AvgIpc) is 3.27. The fraction of sp³-hybridized carbons (Fsp3) is 0. The van der Waals surface area contributed by atoms with Crippen molar-refractivity contribution in [2.75, 3.05) is 4.90 Å². The minimum Gasteiger partial charge on any atom is -0.310 e. The van der Waals surface area contributed by atoms with Gasteiger partial charge in [0.1, 0.15) is 0 Å². The number of rotatable bonds is 7. The van der Waals surface area contributed by atoms with E-state index in [9.17, 15) is 0 Å². The molecule has 0 bridgehead atoms. The molecule has 10 rings (SSSR count). The van der Waals surface area contributed by atoms with Gasteiger partial charge in [0.2, 0.25) is 0 Å². The summed E-state index contributed by atoms with van der Waals surface area (Å²) in [5.41, 5.74) is 13.0. The van der Waals surface area contributed by atoms with Crippen LogP contribution >= 0.6 is 0 Å². The zero-order valence-electron chi connectivity index (χ0n) is 30.3. The normalized spacial score (nSPS) is 11.3. The molecule has 258 valence electrons. The molecule has 55 heavy (non-hydrogen) atoms. The third-order valence-corrected chi connectivity index (χ3v) is 10.8. The van der Waals surface area contributed by atoms with Gasteiger partial charge in [-0.1, -0.05) is 176 Å². The van der Waals surface area contributed by atoms with Crippen LogP contribution < -0.4 is 4.90 Å². The van der Waals surface area contributed by atoms with Crippen LogP contribution in [0.2, 0.25) is 0 Å². The Bertz CT molecular complexity index is 2950. The third-order valence-electron chi connectivity index (χ3n) is 10.8. The highest BCUT2D eigenvalue weighted by Crippen LogP contribution is 2.40. The van der Waals surface area contributed by atoms with Gasteiger partial charge in [-0.3, -0.25) is 0 Å². The second-order valence-corrected chi connectivity index (χ2v) is 14.2. The Morgan fingerprint density at radius 2 is 0.727 bits per heavy atom. The van der Waals surface area contributed by atoms with Crippen molar-refractivity contribution in [2.24, 2.45) is 0 Å². The highest BCUT2D eigenvalue weighted by Gasteiger charge is 2.15. The summed E-state index contributed by atoms with van der Waals surface area (Å²) in [5.74, 6) is 0. The van der Waals surface area contributed by atoms with Gasteiger partial charge in [0.15, 0.2) is 0 Å². The van der Waals surface area contributed by atoms with Gasteiger partial charge in [-0.2, -0.15) is 0 Å². The van der Waals surface area contributed by atoms with E-state index in [1.54, 1.807) is 0 Å². The van der Waals surface area contributed by atoms with E-state index in [4.69, 9.17) is 0 Å². The predicted molar refractivity (Wildman–Crippen MR) is 235 cm³/mol. The highest BCUT2D eigenvalue weighted by atomic mass is 15.1. The molecule has 0 aliphatic carbocycles. The summed E-state index contributed by atoms with van der Waals surface area (Å²) >= 11 is 0. The van der Waals surface area contributed by atoms with Gasteiger partial charge in [-0.15, -0.1) is 0 Å². The summed E-state index contributed by atoms with van der Waals surface area (Å²) in [4.78, 5) is 2.34. The Labute approximate surface area is 322 Å². The monoisotopic (exact) mass is 699 g/mol. The zero-order valence-corrected chi connectivity index (χ0v) is 30.3. The molecule has 10 aromatic carbocycles. The molecule has 0 amide bonds. The van der Waals surface area contributed by atoms with Gasteiger partial charge in [-0.05, 0) is 125 Å². The second-order valence-electron chi connectivity index (χ2n) is 14.2. The van der Waals surface area contributed by atoms with Crippen LogP contribution in [0.5, 0.6) is 0 Å². The first-order valence-electron chi connectivity index (χ1n) is 18.9. The molecule has 0 aromatic heterocycles. The maximum absolute atomic E-state index is 2.34. The maximum Gasteiger partial charge on any atom is 0.0468 e. The molecule has 0 fully saturated rings. The molecule has 0 unspecified atom stereocenters. The van der Waals surface area contributed by atoms with Crippen LogP contribution in [0, 0.1) is 0 Å². The van der Waals surface area contributed by atoms with Crippen LogP contribution in [-0.2, 0) is 0 Å². The first-order chi connectivity index (χ1) is 27.2. The summed E-state index contributed by atoms with van der Waals surface area (Å²) in [5, 5.41) is 7.54. The number of hydrogen-bond acceptors (Lipinski definition) is 1. The number of hydrogen-bond donors (Lipinski definition) is 0. The molecule has 0 heterocycles. The van der Waals surface area contributed by atoms with Crippen molar-refractivity contribution in [1.82, 2.24) is 0 Å². The zero-order chi connectivity index (χ0) is 36.6. The fourth-order valence-electron chi connectivity index (χ4n) is 8.01. The average molecular weight is 700 g/mol. The van der Waals surface area contributed by atoms with Gasteiger partial charge in [0.25, 0.3) is 0 Å². The first-order valence-corrected chi connectivity index (χ1v) is 18.9. The van der Waals surface area contributed by atoms with Gasteiger partial charge in [0.05, 0.1) is 0 Å². The summed E-state index contributed by atoms with van der Waals surface area (Å²) in [6.45, 7) is 0. The SMILES string of the molecule is c1ccc(-c2ccc(-c3ccc4ccccc4c3)c(-c3ccc(-c4ccc(N(c5ccccc5)c5ccc6c(ccc7ccccc76)c5)cc4)cc3)c2)cc1. The molecule has 0 saturated carbocycles. The Hall–Kier alpha value is -7.22. The van der Waals surface area contributed by atoms with Crippen molar-refractivity contribution >= 4 is 49.4 Å². The van der Waals surface area contributed by atoms with Crippen molar-refractivity contribution in [3.8, 4) is 44.5 Å². The molecular weight excluding hydrogens is 663 g/mol. The molecule has 0 spiro atoms. The molecule has 0 N–H and O–H groups in total. The first kappa shape index (κ1) is 32.4. The van der Waals surface area contributed by atoms with Crippen LogP contribution in [0.4, 0.5) is 17.1 Å². The topological polar surface area (TPSA) is 3.24 Å². The molecule has 0 aliphatic heterocycles. The van der Waals surface area contributed by atoms with Crippen molar-refractivity contribution in [1.29, 1.82) is 0 Å². The lowest BCUT2D eigenvalue weighted by atomic mass is 9.89. The van der Waals surface area contributed by atoms with E-state index in [1.807, 2.05) is 0 Å². The lowest BCUT2D eigenvalue weighted by molar-refractivity contribution is 1.29. The minimum absolute atomic E-state index is 1.12. The van der Waals surface area contributed by atoms with Gasteiger partial charge in [-0.25, -0.2) is 0 Å². The van der Waals surface area contributed by atoms with Crippen LogP contribution in [0.3, 0.4) is 0 Å². The Balaban J connectivity index is 1.00. The Morgan fingerprint density at radius 1 is 0.218 bits per heavy atom. The molecular formula is C54H37N. The van der Waals surface area contributed by atoms with Crippen molar-refractivity contribution in [2.45, 2.75) is 0 Å². The number of para-hydroxylation sites is 1. The molecule has 0 aliphatic rings.